The van der Waals surface area contributed by atoms with Crippen molar-refractivity contribution in [2.24, 2.45) is 0 Å². The predicted octanol–water partition coefficient (Wildman–Crippen LogP) is 2.60. The van der Waals surface area contributed by atoms with Crippen LogP contribution < -0.4 is 0 Å². The lowest BCUT2D eigenvalue weighted by atomic mass is 10.0. The van der Waals surface area contributed by atoms with Gasteiger partial charge >= 0.3 is 0 Å². The lowest BCUT2D eigenvalue weighted by molar-refractivity contribution is 0.437. The molecule has 2 rings (SSSR count). The van der Waals surface area contributed by atoms with E-state index < -0.39 is 0 Å². The van der Waals surface area contributed by atoms with Crippen LogP contribution in [0.4, 0.5) is 0 Å². The Labute approximate surface area is 72.0 Å². The summed E-state index contributed by atoms with van der Waals surface area (Å²) in [6, 6.07) is 4.86. The van der Waals surface area contributed by atoms with Crippen LogP contribution in [0.2, 0.25) is 0 Å². The molecule has 0 radical (unpaired) electrons. The molecule has 1 nitrogen and oxygen atoms in total. The Balaban J connectivity index is 2.32. The maximum absolute atomic E-state index is 5.84. The molecular formula is C9H12ClN. The molecule has 0 spiro atoms. The van der Waals surface area contributed by atoms with E-state index in [4.69, 9.17) is 11.6 Å². The first-order chi connectivity index (χ1) is 5.42. The van der Waals surface area contributed by atoms with E-state index in [9.17, 15) is 0 Å². The van der Waals surface area contributed by atoms with Crippen molar-refractivity contribution >= 4 is 11.6 Å². The summed E-state index contributed by atoms with van der Waals surface area (Å²) in [6.45, 7) is 0. The molecule has 0 fully saturated rings. The normalized spacial score (nSPS) is 23.2. The fourth-order valence-corrected chi connectivity index (χ4v) is 2.11. The molecule has 0 amide bonds. The van der Waals surface area contributed by atoms with Crippen LogP contribution in [-0.2, 0) is 6.42 Å². The van der Waals surface area contributed by atoms with Crippen molar-refractivity contribution in [3.63, 3.8) is 0 Å². The molecule has 0 saturated carbocycles. The van der Waals surface area contributed by atoms with Crippen molar-refractivity contribution in [3.05, 3.63) is 24.0 Å². The summed E-state index contributed by atoms with van der Waals surface area (Å²) in [6.07, 6.45) is 5.90. The van der Waals surface area contributed by atoms with Crippen molar-refractivity contribution in [2.45, 2.75) is 25.3 Å². The molecule has 1 aliphatic rings. The lowest BCUT2D eigenvalue weighted by Crippen LogP contribution is -2.17. The van der Waals surface area contributed by atoms with Gasteiger partial charge in [-0.1, -0.05) is 0 Å². The predicted molar refractivity (Wildman–Crippen MR) is 47.1 cm³/mol. The Morgan fingerprint density at radius 1 is 1.64 bits per heavy atom. The Morgan fingerprint density at radius 2 is 2.55 bits per heavy atom. The Bertz CT molecular complexity index is 241. The first-order valence-electron chi connectivity index (χ1n) is 4.13. The Kier molecular flexibility index (Phi) is 1.91. The van der Waals surface area contributed by atoms with E-state index in [1.54, 1.807) is 0 Å². The number of alkyl halides is 1. The van der Waals surface area contributed by atoms with Gasteiger partial charge < -0.3 is 4.57 Å². The number of hydrogen-bond donors (Lipinski definition) is 0. The standard InChI is InChI=1S/C9H12ClN/c10-7-9-4-1-3-8-5-2-6-11(8)9/h2,5-6,9H,1,3-4,7H2. The molecule has 0 bridgehead atoms. The monoisotopic (exact) mass is 169 g/mol. The Hall–Kier alpha value is -0.430. The van der Waals surface area contributed by atoms with E-state index in [-0.39, 0.29) is 0 Å². The third kappa shape index (κ3) is 1.18. The number of fused-ring (bicyclic) bond motifs is 1. The molecule has 2 heteroatoms. The number of nitrogens with zero attached hydrogens (tertiary/aromatic N) is 1. The van der Waals surface area contributed by atoms with E-state index in [1.807, 2.05) is 0 Å². The van der Waals surface area contributed by atoms with Crippen LogP contribution in [0.3, 0.4) is 0 Å². The zero-order valence-corrected chi connectivity index (χ0v) is 7.22. The number of rotatable bonds is 1. The van der Waals surface area contributed by atoms with Gasteiger partial charge in [0.25, 0.3) is 0 Å². The number of halogens is 1. The summed E-state index contributed by atoms with van der Waals surface area (Å²) in [4.78, 5) is 0. The van der Waals surface area contributed by atoms with Crippen LogP contribution in [0, 0.1) is 0 Å². The minimum absolute atomic E-state index is 0.551. The topological polar surface area (TPSA) is 4.93 Å². The van der Waals surface area contributed by atoms with Gasteiger partial charge in [0.2, 0.25) is 0 Å². The zero-order valence-electron chi connectivity index (χ0n) is 6.46. The second kappa shape index (κ2) is 2.90. The molecule has 0 saturated heterocycles. The molecule has 1 atom stereocenters. The summed E-state index contributed by atoms with van der Waals surface area (Å²) >= 11 is 5.84. The molecule has 1 unspecified atom stereocenters. The maximum atomic E-state index is 5.84. The van der Waals surface area contributed by atoms with Crippen molar-refractivity contribution in [1.29, 1.82) is 0 Å². The second-order valence-electron chi connectivity index (χ2n) is 3.11. The average Bonchev–Trinajstić information content (AvgIpc) is 2.50. The van der Waals surface area contributed by atoms with Gasteiger partial charge in [0.1, 0.15) is 0 Å². The third-order valence-electron chi connectivity index (χ3n) is 2.41. The quantitative estimate of drug-likeness (QED) is 0.570. The first-order valence-corrected chi connectivity index (χ1v) is 4.67. The molecule has 11 heavy (non-hydrogen) atoms. The number of aromatic nitrogens is 1. The van der Waals surface area contributed by atoms with Crippen LogP contribution >= 0.6 is 11.6 Å². The van der Waals surface area contributed by atoms with Crippen molar-refractivity contribution in [3.8, 4) is 0 Å². The first kappa shape index (κ1) is 7.23. The van der Waals surface area contributed by atoms with Crippen LogP contribution in [0.1, 0.15) is 24.6 Å². The third-order valence-corrected chi connectivity index (χ3v) is 2.76. The Morgan fingerprint density at radius 3 is 3.36 bits per heavy atom. The van der Waals surface area contributed by atoms with E-state index in [0.717, 1.165) is 5.88 Å². The number of aryl methyl sites for hydroxylation is 1. The van der Waals surface area contributed by atoms with Gasteiger partial charge in [-0.15, -0.1) is 11.6 Å². The van der Waals surface area contributed by atoms with Crippen LogP contribution in [0.5, 0.6) is 0 Å². The van der Waals surface area contributed by atoms with E-state index in [2.05, 4.69) is 22.9 Å². The smallest absolute Gasteiger partial charge is 0.0468 e. The minimum Gasteiger partial charge on any atom is -0.347 e. The fourth-order valence-electron chi connectivity index (χ4n) is 1.81. The minimum atomic E-state index is 0.551. The van der Waals surface area contributed by atoms with E-state index >= 15 is 0 Å². The SMILES string of the molecule is ClCC1CCCc2cccn21. The molecule has 0 aromatic carbocycles. The number of hydrogen-bond acceptors (Lipinski definition) is 0. The molecular weight excluding hydrogens is 158 g/mol. The highest BCUT2D eigenvalue weighted by atomic mass is 35.5. The van der Waals surface area contributed by atoms with Gasteiger partial charge in [-0.05, 0) is 31.4 Å². The largest absolute Gasteiger partial charge is 0.347 e. The highest BCUT2D eigenvalue weighted by Crippen LogP contribution is 2.25. The second-order valence-corrected chi connectivity index (χ2v) is 3.42. The lowest BCUT2D eigenvalue weighted by Gasteiger charge is -2.24. The molecule has 0 aliphatic carbocycles. The maximum Gasteiger partial charge on any atom is 0.0468 e. The van der Waals surface area contributed by atoms with Crippen molar-refractivity contribution in [1.82, 2.24) is 4.57 Å². The van der Waals surface area contributed by atoms with Crippen LogP contribution in [0.25, 0.3) is 0 Å². The van der Waals surface area contributed by atoms with Gasteiger partial charge in [-0.3, -0.25) is 0 Å². The summed E-state index contributed by atoms with van der Waals surface area (Å²) < 4.78 is 2.32. The zero-order chi connectivity index (χ0) is 7.68. The van der Waals surface area contributed by atoms with Gasteiger partial charge in [-0.25, -0.2) is 0 Å². The summed E-state index contributed by atoms with van der Waals surface area (Å²) in [5, 5.41) is 0. The van der Waals surface area contributed by atoms with Gasteiger partial charge in [0.15, 0.2) is 0 Å². The molecule has 1 aliphatic heterocycles. The van der Waals surface area contributed by atoms with E-state index in [0.29, 0.717) is 6.04 Å². The van der Waals surface area contributed by atoms with Crippen LogP contribution in [0.15, 0.2) is 18.3 Å². The summed E-state index contributed by atoms with van der Waals surface area (Å²) in [5.41, 5.74) is 1.45. The van der Waals surface area contributed by atoms with Gasteiger partial charge in [-0.2, -0.15) is 0 Å². The highest BCUT2D eigenvalue weighted by Gasteiger charge is 2.16. The molecule has 2 heterocycles. The van der Waals surface area contributed by atoms with E-state index in [1.165, 1.54) is 25.0 Å². The highest BCUT2D eigenvalue weighted by molar-refractivity contribution is 6.18. The van der Waals surface area contributed by atoms with Gasteiger partial charge in [0.05, 0.1) is 0 Å². The fraction of sp³-hybridized carbons (Fsp3) is 0.556. The molecule has 1 aromatic rings. The van der Waals surface area contributed by atoms with Gasteiger partial charge in [0, 0.05) is 23.8 Å². The van der Waals surface area contributed by atoms with Crippen molar-refractivity contribution in [2.75, 3.05) is 5.88 Å². The summed E-state index contributed by atoms with van der Waals surface area (Å²) in [5.74, 6) is 0.752. The molecule has 1 aromatic heterocycles. The molecule has 60 valence electrons. The summed E-state index contributed by atoms with van der Waals surface area (Å²) in [7, 11) is 0. The van der Waals surface area contributed by atoms with Crippen LogP contribution in [-0.4, -0.2) is 10.4 Å². The molecule has 0 N–H and O–H groups in total. The average molecular weight is 170 g/mol. The van der Waals surface area contributed by atoms with Crippen molar-refractivity contribution < 1.29 is 0 Å².